The molecule has 0 unspecified atom stereocenters. The molecular formula is C21H26N2O5. The van der Waals surface area contributed by atoms with Crippen LogP contribution >= 0.6 is 0 Å². The molecule has 0 bridgehead atoms. The van der Waals surface area contributed by atoms with Crippen LogP contribution in [0.2, 0.25) is 0 Å². The van der Waals surface area contributed by atoms with Crippen LogP contribution in [0.15, 0.2) is 30.5 Å². The summed E-state index contributed by atoms with van der Waals surface area (Å²) < 4.78 is 5.63. The monoisotopic (exact) mass is 386 g/mol. The van der Waals surface area contributed by atoms with Crippen LogP contribution in [0.4, 0.5) is 0 Å². The Balaban J connectivity index is 1.78. The molecule has 0 saturated carbocycles. The molecule has 2 aliphatic rings. The molecule has 2 amide bonds. The minimum atomic E-state index is -0.943. The third kappa shape index (κ3) is 4.78. The average Bonchev–Trinajstić information content (AvgIpc) is 3.18. The number of carboxylic acid groups (broad SMARTS) is 1. The second-order valence-electron chi connectivity index (χ2n) is 7.21. The average molecular weight is 386 g/mol. The molecule has 1 saturated heterocycles. The lowest BCUT2D eigenvalue weighted by Gasteiger charge is -2.34. The van der Waals surface area contributed by atoms with Crippen LogP contribution in [0.1, 0.15) is 49.8 Å². The van der Waals surface area contributed by atoms with Gasteiger partial charge in [-0.1, -0.05) is 24.3 Å². The number of benzene rings is 1. The molecule has 1 N–H and O–H groups in total. The van der Waals surface area contributed by atoms with Crippen molar-refractivity contribution in [1.29, 1.82) is 0 Å². The number of nitrogens with zero attached hydrogens (tertiary/aromatic N) is 2. The highest BCUT2D eigenvalue weighted by molar-refractivity contribution is 5.82. The summed E-state index contributed by atoms with van der Waals surface area (Å²) in [5.74, 6) is -1.25. The number of fused-ring (bicyclic) bond motifs is 1. The standard InChI is InChI=1S/C21H26N2O5/c1-15(24)23-11-8-16-5-2-3-7-18(16)19(23)13-20(25)22(10-9-21(26)27)14-17-6-4-12-28-17/h2-3,5,7-8,11,17,19H,4,6,9-10,12-14H2,1H3,(H,26,27)/t17-,19-/m0/s1. The van der Waals surface area contributed by atoms with E-state index in [4.69, 9.17) is 9.84 Å². The Kier molecular flexibility index (Phi) is 6.46. The quantitative estimate of drug-likeness (QED) is 0.778. The molecule has 7 nitrogen and oxygen atoms in total. The van der Waals surface area contributed by atoms with Crippen LogP contribution < -0.4 is 0 Å². The number of carbonyl (C=O) groups is 3. The van der Waals surface area contributed by atoms with Crippen molar-refractivity contribution in [1.82, 2.24) is 9.80 Å². The predicted octanol–water partition coefficient (Wildman–Crippen LogP) is 2.43. The normalized spacial score (nSPS) is 20.7. The topological polar surface area (TPSA) is 87.2 Å². The van der Waals surface area contributed by atoms with Gasteiger partial charge in [-0.15, -0.1) is 0 Å². The Hall–Kier alpha value is -2.67. The van der Waals surface area contributed by atoms with Crippen molar-refractivity contribution >= 4 is 23.9 Å². The molecule has 28 heavy (non-hydrogen) atoms. The Bertz CT molecular complexity index is 770. The summed E-state index contributed by atoms with van der Waals surface area (Å²) in [7, 11) is 0. The first-order chi connectivity index (χ1) is 13.5. The van der Waals surface area contributed by atoms with E-state index < -0.39 is 12.0 Å². The van der Waals surface area contributed by atoms with Crippen LogP contribution in [-0.2, 0) is 19.1 Å². The van der Waals surface area contributed by atoms with E-state index in [0.717, 1.165) is 24.0 Å². The van der Waals surface area contributed by atoms with Gasteiger partial charge in [-0.2, -0.15) is 0 Å². The molecule has 0 spiro atoms. The summed E-state index contributed by atoms with van der Waals surface area (Å²) in [6, 6.07) is 7.29. The molecule has 0 radical (unpaired) electrons. The van der Waals surface area contributed by atoms with Crippen molar-refractivity contribution in [3.05, 3.63) is 41.6 Å². The third-order valence-corrected chi connectivity index (χ3v) is 5.23. The number of aliphatic carboxylic acids is 1. The lowest BCUT2D eigenvalue weighted by Crippen LogP contribution is -2.41. The maximum absolute atomic E-state index is 13.1. The van der Waals surface area contributed by atoms with Crippen LogP contribution in [0.25, 0.3) is 6.08 Å². The smallest absolute Gasteiger partial charge is 0.305 e. The molecule has 1 aromatic carbocycles. The SMILES string of the molecule is CC(=O)N1C=Cc2ccccc2[C@@H]1CC(=O)N(CCC(=O)O)C[C@@H]1CCCO1. The molecule has 0 aliphatic carbocycles. The maximum atomic E-state index is 13.1. The van der Waals surface area contributed by atoms with Gasteiger partial charge in [-0.05, 0) is 30.0 Å². The van der Waals surface area contributed by atoms with Gasteiger partial charge in [0, 0.05) is 32.8 Å². The number of amides is 2. The molecule has 150 valence electrons. The highest BCUT2D eigenvalue weighted by Crippen LogP contribution is 2.33. The summed E-state index contributed by atoms with van der Waals surface area (Å²) in [5, 5.41) is 9.04. The van der Waals surface area contributed by atoms with Gasteiger partial charge < -0.3 is 19.6 Å². The summed E-state index contributed by atoms with van der Waals surface area (Å²) in [6.07, 6.45) is 5.33. The minimum Gasteiger partial charge on any atom is -0.481 e. The number of hydrogen-bond acceptors (Lipinski definition) is 4. The molecule has 2 heterocycles. The lowest BCUT2D eigenvalue weighted by atomic mass is 9.93. The van der Waals surface area contributed by atoms with E-state index in [-0.39, 0.29) is 37.3 Å². The molecule has 0 aromatic heterocycles. The van der Waals surface area contributed by atoms with Crippen molar-refractivity contribution in [2.24, 2.45) is 0 Å². The molecule has 1 fully saturated rings. The fourth-order valence-corrected chi connectivity index (χ4v) is 3.79. The van der Waals surface area contributed by atoms with Crippen LogP contribution in [-0.4, -0.2) is 58.5 Å². The number of carbonyl (C=O) groups excluding carboxylic acids is 2. The van der Waals surface area contributed by atoms with Gasteiger partial charge in [-0.3, -0.25) is 14.4 Å². The van der Waals surface area contributed by atoms with Gasteiger partial charge in [0.25, 0.3) is 0 Å². The Morgan fingerprint density at radius 3 is 2.75 bits per heavy atom. The van der Waals surface area contributed by atoms with Crippen LogP contribution in [0.5, 0.6) is 0 Å². The maximum Gasteiger partial charge on any atom is 0.305 e. The number of ether oxygens (including phenoxy) is 1. The van der Waals surface area contributed by atoms with Crippen molar-refractivity contribution < 1.29 is 24.2 Å². The van der Waals surface area contributed by atoms with E-state index in [9.17, 15) is 14.4 Å². The zero-order chi connectivity index (χ0) is 20.1. The molecule has 3 rings (SSSR count). The highest BCUT2D eigenvalue weighted by atomic mass is 16.5. The second-order valence-corrected chi connectivity index (χ2v) is 7.21. The Morgan fingerprint density at radius 1 is 1.29 bits per heavy atom. The number of rotatable bonds is 7. The van der Waals surface area contributed by atoms with Gasteiger partial charge in [0.05, 0.1) is 25.0 Å². The Morgan fingerprint density at radius 2 is 2.07 bits per heavy atom. The summed E-state index contributed by atoms with van der Waals surface area (Å²) in [4.78, 5) is 39.4. The van der Waals surface area contributed by atoms with Crippen LogP contribution in [0, 0.1) is 0 Å². The largest absolute Gasteiger partial charge is 0.481 e. The van der Waals surface area contributed by atoms with Gasteiger partial charge in [0.2, 0.25) is 11.8 Å². The molecule has 1 aromatic rings. The van der Waals surface area contributed by atoms with E-state index >= 15 is 0 Å². The molecule has 2 atom stereocenters. The predicted molar refractivity (Wildman–Crippen MR) is 103 cm³/mol. The molecular weight excluding hydrogens is 360 g/mol. The first kappa shape index (κ1) is 20.1. The van der Waals surface area contributed by atoms with Gasteiger partial charge in [0.15, 0.2) is 0 Å². The fourth-order valence-electron chi connectivity index (χ4n) is 3.79. The van der Waals surface area contributed by atoms with Gasteiger partial charge >= 0.3 is 5.97 Å². The summed E-state index contributed by atoms with van der Waals surface area (Å²) in [6.45, 7) is 2.67. The van der Waals surface area contributed by atoms with E-state index in [1.807, 2.05) is 30.3 Å². The second kappa shape index (κ2) is 9.01. The van der Waals surface area contributed by atoms with E-state index in [1.165, 1.54) is 6.92 Å². The van der Waals surface area contributed by atoms with Crippen molar-refractivity contribution in [3.63, 3.8) is 0 Å². The number of hydrogen-bond donors (Lipinski definition) is 1. The Labute approximate surface area is 164 Å². The first-order valence-corrected chi connectivity index (χ1v) is 9.63. The van der Waals surface area contributed by atoms with Crippen molar-refractivity contribution in [3.8, 4) is 0 Å². The number of carboxylic acids is 1. The molecule has 2 aliphatic heterocycles. The van der Waals surface area contributed by atoms with E-state index in [2.05, 4.69) is 0 Å². The van der Waals surface area contributed by atoms with Gasteiger partial charge in [-0.25, -0.2) is 0 Å². The van der Waals surface area contributed by atoms with Crippen molar-refractivity contribution in [2.45, 2.75) is 44.8 Å². The fraction of sp³-hybridized carbons (Fsp3) is 0.476. The minimum absolute atomic E-state index is 0.0554. The van der Waals surface area contributed by atoms with E-state index in [1.54, 1.807) is 16.0 Å². The van der Waals surface area contributed by atoms with Crippen LogP contribution in [0.3, 0.4) is 0 Å². The first-order valence-electron chi connectivity index (χ1n) is 9.63. The van der Waals surface area contributed by atoms with Gasteiger partial charge in [0.1, 0.15) is 0 Å². The zero-order valence-corrected chi connectivity index (χ0v) is 16.0. The van der Waals surface area contributed by atoms with E-state index in [0.29, 0.717) is 13.2 Å². The zero-order valence-electron chi connectivity index (χ0n) is 16.0. The van der Waals surface area contributed by atoms with Crippen molar-refractivity contribution in [2.75, 3.05) is 19.7 Å². The summed E-state index contributed by atoms with van der Waals surface area (Å²) >= 11 is 0. The molecule has 7 heteroatoms. The lowest BCUT2D eigenvalue weighted by molar-refractivity contribution is -0.139. The summed E-state index contributed by atoms with van der Waals surface area (Å²) in [5.41, 5.74) is 1.90. The third-order valence-electron chi connectivity index (χ3n) is 5.23. The highest BCUT2D eigenvalue weighted by Gasteiger charge is 2.31.